The van der Waals surface area contributed by atoms with Crippen LogP contribution in [-0.4, -0.2) is 18.7 Å². The van der Waals surface area contributed by atoms with Gasteiger partial charge in [0.25, 0.3) is 0 Å². The van der Waals surface area contributed by atoms with Crippen LogP contribution in [0.25, 0.3) is 55.5 Å². The van der Waals surface area contributed by atoms with E-state index in [0.29, 0.717) is 5.52 Å². The second kappa shape index (κ2) is 10.5. The summed E-state index contributed by atoms with van der Waals surface area (Å²) in [5.41, 5.74) is 9.48. The van der Waals surface area contributed by atoms with Gasteiger partial charge in [0, 0.05) is 62.1 Å². The molecule has 8 aromatic rings. The highest BCUT2D eigenvalue weighted by molar-refractivity contribution is 7.99. The zero-order valence-electron chi connectivity index (χ0n) is 27.4. The second-order valence-corrected chi connectivity index (χ2v) is 12.3. The maximum absolute atomic E-state index is 8.05. The van der Waals surface area contributed by atoms with E-state index in [1.165, 1.54) is 32.0 Å². The van der Waals surface area contributed by atoms with Crippen molar-refractivity contribution in [3.63, 3.8) is 0 Å². The van der Waals surface area contributed by atoms with Crippen LogP contribution in [0.5, 0.6) is 0 Å². The van der Waals surface area contributed by atoms with Crippen LogP contribution in [0.2, 0.25) is 0 Å². The van der Waals surface area contributed by atoms with Crippen LogP contribution in [0.1, 0.15) is 15.2 Å². The topological polar surface area (TPSA) is 27.7 Å². The molecule has 8 rings (SSSR count). The minimum absolute atomic E-state index is 0.666. The SMILES string of the molecule is [2H]C([2H])([2H])n1[cH+]n(-c2cccc(Sc3ccc4c5ccccc5n(-c5cc(-c6c(C)cccc6C)ccn5)c4c3)c2)c2ccccc21. The maximum Gasteiger partial charge on any atom is 0.191 e. The summed E-state index contributed by atoms with van der Waals surface area (Å²) in [5.74, 6) is 0.877. The molecule has 5 aromatic carbocycles. The average Bonchev–Trinajstić information content (AvgIpc) is 3.62. The summed E-state index contributed by atoms with van der Waals surface area (Å²) in [6.45, 7) is 2.04. The summed E-state index contributed by atoms with van der Waals surface area (Å²) < 4.78 is 29.7. The summed E-state index contributed by atoms with van der Waals surface area (Å²) in [4.78, 5) is 7.03. The first-order valence-corrected chi connectivity index (χ1v) is 15.4. The Morgan fingerprint density at radius 2 is 1.39 bits per heavy atom. The van der Waals surface area contributed by atoms with Crippen LogP contribution in [0.4, 0.5) is 0 Å². The molecule has 0 fully saturated rings. The summed E-state index contributed by atoms with van der Waals surface area (Å²) in [7, 11) is 0. The minimum Gasteiger partial charge on any atom is -0.294 e. The Labute approximate surface area is 265 Å². The molecule has 0 aliphatic heterocycles. The van der Waals surface area contributed by atoms with Gasteiger partial charge in [0.2, 0.25) is 0 Å². The molecule has 0 saturated heterocycles. The van der Waals surface area contributed by atoms with Crippen LogP contribution < -0.4 is 0 Å². The predicted octanol–water partition coefficient (Wildman–Crippen LogP) is 10.2. The summed E-state index contributed by atoms with van der Waals surface area (Å²) in [6.07, 6.45) is 3.58. The number of rotatable bonds is 5. The fourth-order valence-electron chi connectivity index (χ4n) is 6.38. The van der Waals surface area contributed by atoms with Crippen molar-refractivity contribution in [3.8, 4) is 22.6 Å². The molecule has 0 N–H and O–H groups in total. The number of pyridine rings is 1. The van der Waals surface area contributed by atoms with Crippen LogP contribution in [0.3, 0.4) is 0 Å². The molecule has 0 spiro atoms. The first-order valence-electron chi connectivity index (χ1n) is 16.1. The molecule has 3 aromatic heterocycles. The summed E-state index contributed by atoms with van der Waals surface area (Å²) >= 11 is 1.68. The first kappa shape index (κ1) is 23.3. The van der Waals surface area contributed by atoms with Crippen molar-refractivity contribution in [1.29, 1.82) is 0 Å². The molecule has 0 bridgehead atoms. The van der Waals surface area contributed by atoms with Gasteiger partial charge in [0.1, 0.15) is 11.5 Å². The van der Waals surface area contributed by atoms with Crippen molar-refractivity contribution in [2.45, 2.75) is 23.6 Å². The zero-order valence-corrected chi connectivity index (χ0v) is 25.2. The molecular formula is C39H31N4S+. The van der Waals surface area contributed by atoms with Crippen molar-refractivity contribution >= 4 is 44.6 Å². The van der Waals surface area contributed by atoms with Crippen molar-refractivity contribution in [3.05, 3.63) is 145 Å². The van der Waals surface area contributed by atoms with Crippen molar-refractivity contribution < 1.29 is 4.11 Å². The Balaban J connectivity index is 1.22. The largest absolute Gasteiger partial charge is 0.294 e. The molecule has 3 heterocycles. The lowest BCUT2D eigenvalue weighted by molar-refractivity contribution is 0.909. The van der Waals surface area contributed by atoms with Crippen molar-refractivity contribution in [1.82, 2.24) is 18.7 Å². The third-order valence-electron chi connectivity index (χ3n) is 8.35. The lowest BCUT2D eigenvalue weighted by Crippen LogP contribution is -1.98. The van der Waals surface area contributed by atoms with Crippen LogP contribution in [0, 0.1) is 13.8 Å². The fraction of sp³-hybridized carbons (Fsp3) is 0.0769. The van der Waals surface area contributed by atoms with E-state index in [4.69, 9.17) is 9.10 Å². The number of aromatic nitrogens is 4. The lowest BCUT2D eigenvalue weighted by atomic mass is 9.96. The van der Waals surface area contributed by atoms with E-state index in [9.17, 15) is 0 Å². The number of para-hydroxylation sites is 3. The maximum atomic E-state index is 8.05. The molecule has 4 nitrogen and oxygen atoms in total. The van der Waals surface area contributed by atoms with Gasteiger partial charge in [-0.25, -0.2) is 9.55 Å². The first-order chi connectivity index (χ1) is 22.8. The Morgan fingerprint density at radius 1 is 0.659 bits per heavy atom. The number of imidazole rings is 1. The monoisotopic (exact) mass is 590 g/mol. The molecule has 212 valence electrons. The number of fused-ring (bicyclic) bond motifs is 4. The van der Waals surface area contributed by atoms with E-state index >= 15 is 0 Å². The van der Waals surface area contributed by atoms with Gasteiger partial charge >= 0.3 is 0 Å². The summed E-state index contributed by atoms with van der Waals surface area (Å²) in [6, 6.07) is 41.6. The molecule has 0 unspecified atom stereocenters. The average molecular weight is 591 g/mol. The molecule has 0 amide bonds. The normalized spacial score (nSPS) is 12.9. The Bertz CT molecular complexity index is 2450. The summed E-state index contributed by atoms with van der Waals surface area (Å²) in [5, 5.41) is 2.35. The minimum atomic E-state index is -2.28. The molecule has 5 heteroatoms. The highest BCUT2D eigenvalue weighted by atomic mass is 32.2. The third-order valence-corrected chi connectivity index (χ3v) is 9.33. The number of benzene rings is 5. The number of aryl methyl sites for hydroxylation is 3. The van der Waals surface area contributed by atoms with Crippen LogP contribution in [-0.2, 0) is 6.98 Å². The molecular weight excluding hydrogens is 557 g/mol. The van der Waals surface area contributed by atoms with E-state index in [-0.39, 0.29) is 0 Å². The van der Waals surface area contributed by atoms with E-state index in [0.717, 1.165) is 43.4 Å². The molecule has 0 aliphatic rings. The van der Waals surface area contributed by atoms with Crippen LogP contribution in [0.15, 0.2) is 144 Å². The standard InChI is InChI=1S/C39H31N4S/c1-26-10-8-11-27(2)39(26)28-20-21-40-38(22-28)43-34-15-5-4-14-32(34)33-19-18-31(24-37(33)43)44-30-13-9-12-29(23-30)42-25-41(3)35-16-6-7-17-36(35)42/h4-25H,1-3H3/q+1/i3D3. The van der Waals surface area contributed by atoms with Gasteiger partial charge in [-0.05, 0) is 90.7 Å². The third kappa shape index (κ3) is 4.40. The van der Waals surface area contributed by atoms with Gasteiger partial charge in [0.05, 0.1) is 11.0 Å². The van der Waals surface area contributed by atoms with E-state index in [1.54, 1.807) is 18.1 Å². The number of hydrogen-bond acceptors (Lipinski definition) is 2. The molecule has 0 radical (unpaired) electrons. The van der Waals surface area contributed by atoms with Crippen LogP contribution >= 0.6 is 11.8 Å². The Hall–Kier alpha value is -5.13. The molecule has 0 aliphatic carbocycles. The van der Waals surface area contributed by atoms with Gasteiger partial charge in [-0.1, -0.05) is 54.2 Å². The quantitative estimate of drug-likeness (QED) is 0.187. The number of nitrogens with zero attached hydrogens (tertiary/aromatic N) is 4. The van der Waals surface area contributed by atoms with Gasteiger partial charge in [0.15, 0.2) is 17.4 Å². The fourth-order valence-corrected chi connectivity index (χ4v) is 7.28. The molecule has 0 saturated carbocycles. The van der Waals surface area contributed by atoms with Gasteiger partial charge in [-0.3, -0.25) is 4.57 Å². The molecule has 0 atom stereocenters. The second-order valence-electron chi connectivity index (χ2n) is 11.1. The molecule has 44 heavy (non-hydrogen) atoms. The predicted molar refractivity (Wildman–Crippen MR) is 184 cm³/mol. The highest BCUT2D eigenvalue weighted by Gasteiger charge is 2.17. The van der Waals surface area contributed by atoms with Gasteiger partial charge < -0.3 is 0 Å². The van der Waals surface area contributed by atoms with E-state index in [1.807, 2.05) is 47.2 Å². The highest BCUT2D eigenvalue weighted by Crippen LogP contribution is 2.37. The van der Waals surface area contributed by atoms with E-state index in [2.05, 4.69) is 103 Å². The smallest absolute Gasteiger partial charge is 0.191 e. The number of hydrogen-bond donors (Lipinski definition) is 0. The van der Waals surface area contributed by atoms with Gasteiger partial charge in [-0.15, -0.1) is 0 Å². The Kier molecular flexibility index (Phi) is 5.59. The van der Waals surface area contributed by atoms with Crippen molar-refractivity contribution in [2.75, 3.05) is 0 Å². The Morgan fingerprint density at radius 3 is 2.23 bits per heavy atom. The lowest BCUT2D eigenvalue weighted by Gasteiger charge is -2.13. The van der Waals surface area contributed by atoms with E-state index < -0.39 is 6.98 Å². The van der Waals surface area contributed by atoms with Crippen molar-refractivity contribution in [2.24, 2.45) is 6.98 Å². The zero-order chi connectivity index (χ0) is 32.3. The van der Waals surface area contributed by atoms with Gasteiger partial charge in [-0.2, -0.15) is 4.57 Å².